The first-order chi connectivity index (χ1) is 10.7. The lowest BCUT2D eigenvalue weighted by atomic mass is 10.2. The van der Waals surface area contributed by atoms with Gasteiger partial charge in [-0.2, -0.15) is 11.8 Å². The predicted octanol–water partition coefficient (Wildman–Crippen LogP) is 3.79. The van der Waals surface area contributed by atoms with Crippen molar-refractivity contribution >= 4 is 53.3 Å². The van der Waals surface area contributed by atoms with Gasteiger partial charge in [0.05, 0.1) is 11.6 Å². The lowest BCUT2D eigenvalue weighted by Crippen LogP contribution is -2.47. The molecule has 2 rings (SSSR count). The van der Waals surface area contributed by atoms with Crippen LogP contribution in [-0.4, -0.2) is 43.2 Å². The highest BCUT2D eigenvalue weighted by atomic mass is 127. The van der Waals surface area contributed by atoms with E-state index in [0.717, 1.165) is 11.7 Å². The van der Waals surface area contributed by atoms with Crippen molar-refractivity contribution in [1.82, 2.24) is 10.6 Å². The number of ether oxygens (including phenoxy) is 1. The minimum absolute atomic E-state index is 0. The predicted molar refractivity (Wildman–Crippen MR) is 112 cm³/mol. The summed E-state index contributed by atoms with van der Waals surface area (Å²) in [4.78, 5) is 4.28. The molecule has 0 aliphatic carbocycles. The van der Waals surface area contributed by atoms with E-state index in [4.69, 9.17) is 16.3 Å². The fourth-order valence-corrected chi connectivity index (χ4v) is 3.53. The van der Waals surface area contributed by atoms with Gasteiger partial charge in [0, 0.05) is 18.8 Å². The lowest BCUT2D eigenvalue weighted by molar-refractivity contribution is 0.224. The van der Waals surface area contributed by atoms with E-state index in [1.54, 1.807) is 7.05 Å². The zero-order valence-electron chi connectivity index (χ0n) is 13.5. The molecular weight excluding hydrogens is 445 g/mol. The maximum absolute atomic E-state index is 6.10. The number of hydrogen-bond donors (Lipinski definition) is 2. The quantitative estimate of drug-likeness (QED) is 0.391. The minimum atomic E-state index is -0.000758. The van der Waals surface area contributed by atoms with E-state index in [-0.39, 0.29) is 30.1 Å². The monoisotopic (exact) mass is 469 g/mol. The van der Waals surface area contributed by atoms with Crippen molar-refractivity contribution in [1.29, 1.82) is 0 Å². The van der Waals surface area contributed by atoms with E-state index in [2.05, 4.69) is 15.6 Å². The maximum atomic E-state index is 6.10. The third-order valence-electron chi connectivity index (χ3n) is 3.45. The third kappa shape index (κ3) is 7.39. The molecule has 23 heavy (non-hydrogen) atoms. The molecule has 0 saturated carbocycles. The van der Waals surface area contributed by atoms with Crippen LogP contribution in [0.3, 0.4) is 0 Å². The third-order valence-corrected chi connectivity index (χ3v) is 4.97. The molecule has 4 nitrogen and oxygen atoms in total. The first kappa shape index (κ1) is 20.7. The van der Waals surface area contributed by atoms with Gasteiger partial charge < -0.3 is 15.4 Å². The fraction of sp³-hybridized carbons (Fsp3) is 0.562. The number of nitrogens with one attached hydrogen (secondary N) is 2. The van der Waals surface area contributed by atoms with Crippen molar-refractivity contribution in [2.45, 2.75) is 31.9 Å². The number of thioether (sulfide) groups is 1. The van der Waals surface area contributed by atoms with E-state index < -0.39 is 0 Å². The Hall–Kier alpha value is -0.340. The van der Waals surface area contributed by atoms with Crippen molar-refractivity contribution in [2.24, 2.45) is 4.99 Å². The number of nitrogens with zero attached hydrogens (tertiary/aromatic N) is 1. The average molecular weight is 470 g/mol. The molecule has 1 aliphatic heterocycles. The molecule has 1 aromatic rings. The van der Waals surface area contributed by atoms with Gasteiger partial charge >= 0.3 is 0 Å². The van der Waals surface area contributed by atoms with Crippen molar-refractivity contribution in [3.05, 3.63) is 29.3 Å². The molecule has 0 radical (unpaired) electrons. The molecule has 2 unspecified atom stereocenters. The Morgan fingerprint density at radius 2 is 2.26 bits per heavy atom. The van der Waals surface area contributed by atoms with Gasteiger partial charge in [-0.05, 0) is 37.7 Å². The molecule has 2 N–H and O–H groups in total. The second-order valence-corrected chi connectivity index (χ2v) is 6.93. The highest BCUT2D eigenvalue weighted by Gasteiger charge is 2.15. The number of para-hydroxylation sites is 1. The Balaban J connectivity index is 0.00000264. The Bertz CT molecular complexity index is 498. The summed E-state index contributed by atoms with van der Waals surface area (Å²) in [6.45, 7) is 2.69. The summed E-state index contributed by atoms with van der Waals surface area (Å²) in [5.41, 5.74) is 0. The molecule has 0 spiro atoms. The van der Waals surface area contributed by atoms with Gasteiger partial charge in [-0.1, -0.05) is 23.7 Å². The van der Waals surface area contributed by atoms with Crippen molar-refractivity contribution < 1.29 is 4.74 Å². The van der Waals surface area contributed by atoms with Gasteiger partial charge in [0.1, 0.15) is 11.9 Å². The zero-order chi connectivity index (χ0) is 15.8. The first-order valence-corrected chi connectivity index (χ1v) is 9.18. The number of hydrogen-bond acceptors (Lipinski definition) is 3. The van der Waals surface area contributed by atoms with Gasteiger partial charge in [0.2, 0.25) is 0 Å². The highest BCUT2D eigenvalue weighted by molar-refractivity contribution is 14.0. The molecular formula is C16H25ClIN3OS. The molecule has 1 fully saturated rings. The van der Waals surface area contributed by atoms with Crippen LogP contribution >= 0.6 is 47.3 Å². The molecule has 1 aliphatic rings. The van der Waals surface area contributed by atoms with Crippen molar-refractivity contribution in [2.75, 3.05) is 25.1 Å². The number of guanidine groups is 1. The molecule has 1 aromatic carbocycles. The Kier molecular flexibility index (Phi) is 10.1. The summed E-state index contributed by atoms with van der Waals surface area (Å²) in [6.07, 6.45) is 2.48. The highest BCUT2D eigenvalue weighted by Crippen LogP contribution is 2.24. The number of rotatable bonds is 5. The van der Waals surface area contributed by atoms with Crippen LogP contribution in [0, 0.1) is 0 Å². The van der Waals surface area contributed by atoms with Gasteiger partial charge in [-0.25, -0.2) is 0 Å². The average Bonchev–Trinajstić information content (AvgIpc) is 2.54. The van der Waals surface area contributed by atoms with E-state index in [9.17, 15) is 0 Å². The van der Waals surface area contributed by atoms with Gasteiger partial charge in [-0.3, -0.25) is 4.99 Å². The molecule has 0 amide bonds. The van der Waals surface area contributed by atoms with Crippen LogP contribution in [-0.2, 0) is 0 Å². The molecule has 7 heteroatoms. The van der Waals surface area contributed by atoms with Crippen LogP contribution in [0.15, 0.2) is 29.3 Å². The van der Waals surface area contributed by atoms with Crippen LogP contribution in [0.4, 0.5) is 0 Å². The van der Waals surface area contributed by atoms with Crippen LogP contribution < -0.4 is 15.4 Å². The topological polar surface area (TPSA) is 45.7 Å². The molecule has 1 saturated heterocycles. The number of halogens is 2. The van der Waals surface area contributed by atoms with Gasteiger partial charge in [0.25, 0.3) is 0 Å². The smallest absolute Gasteiger partial charge is 0.191 e. The summed E-state index contributed by atoms with van der Waals surface area (Å²) in [6, 6.07) is 8.03. The first-order valence-electron chi connectivity index (χ1n) is 7.65. The summed E-state index contributed by atoms with van der Waals surface area (Å²) >= 11 is 8.10. The van der Waals surface area contributed by atoms with Crippen LogP contribution in [0.2, 0.25) is 5.02 Å². The second-order valence-electron chi connectivity index (χ2n) is 5.37. The van der Waals surface area contributed by atoms with Crippen LogP contribution in [0.5, 0.6) is 5.75 Å². The minimum Gasteiger partial charge on any atom is -0.487 e. The number of benzene rings is 1. The molecule has 0 bridgehead atoms. The van der Waals surface area contributed by atoms with Gasteiger partial charge in [-0.15, -0.1) is 24.0 Å². The molecule has 0 aromatic heterocycles. The van der Waals surface area contributed by atoms with Crippen molar-refractivity contribution in [3.8, 4) is 5.75 Å². The van der Waals surface area contributed by atoms with E-state index >= 15 is 0 Å². The maximum Gasteiger partial charge on any atom is 0.191 e. The normalized spacial score (nSPS) is 19.4. The zero-order valence-corrected chi connectivity index (χ0v) is 17.5. The van der Waals surface area contributed by atoms with Crippen LogP contribution in [0.25, 0.3) is 0 Å². The summed E-state index contributed by atoms with van der Waals surface area (Å²) in [5, 5.41) is 7.43. The SMILES string of the molecule is CN=C(NCC(C)Oc1ccccc1Cl)NC1CCCSC1.I. The standard InChI is InChI=1S/C16H24ClN3OS.HI/c1-12(21-15-8-4-3-7-14(15)17)10-19-16(18-2)20-13-6-5-9-22-11-13;/h3-4,7-8,12-13H,5-6,9-11H2,1-2H3,(H2,18,19,20);1H. The molecule has 2 atom stereocenters. The van der Waals surface area contributed by atoms with E-state index in [1.165, 1.54) is 18.6 Å². The Labute approximate surface area is 165 Å². The lowest BCUT2D eigenvalue weighted by Gasteiger charge is -2.25. The summed E-state index contributed by atoms with van der Waals surface area (Å²) in [5.74, 6) is 3.96. The Morgan fingerprint density at radius 1 is 1.48 bits per heavy atom. The molecule has 1 heterocycles. The molecule has 130 valence electrons. The number of aliphatic imine (C=N–C) groups is 1. The van der Waals surface area contributed by atoms with Crippen LogP contribution in [0.1, 0.15) is 19.8 Å². The van der Waals surface area contributed by atoms with E-state index in [1.807, 2.05) is 43.0 Å². The van der Waals surface area contributed by atoms with E-state index in [0.29, 0.717) is 23.4 Å². The summed E-state index contributed by atoms with van der Waals surface area (Å²) < 4.78 is 5.85. The second kappa shape index (κ2) is 11.3. The van der Waals surface area contributed by atoms with Gasteiger partial charge in [0.15, 0.2) is 5.96 Å². The summed E-state index contributed by atoms with van der Waals surface area (Å²) in [7, 11) is 1.80. The largest absolute Gasteiger partial charge is 0.487 e. The van der Waals surface area contributed by atoms with Crippen molar-refractivity contribution in [3.63, 3.8) is 0 Å². The fourth-order valence-electron chi connectivity index (χ4n) is 2.28. The Morgan fingerprint density at radius 3 is 2.91 bits per heavy atom.